The molecule has 18 heavy (non-hydrogen) atoms. The zero-order valence-corrected chi connectivity index (χ0v) is 10.1. The predicted octanol–water partition coefficient (Wildman–Crippen LogP) is 1.03. The van der Waals surface area contributed by atoms with Crippen LogP contribution < -0.4 is 5.32 Å². The van der Waals surface area contributed by atoms with Gasteiger partial charge in [-0.1, -0.05) is 0 Å². The van der Waals surface area contributed by atoms with Crippen LogP contribution in [0, 0.1) is 5.92 Å². The van der Waals surface area contributed by atoms with Crippen molar-refractivity contribution >= 4 is 11.9 Å². The minimum Gasteiger partial charge on any atom is -0.480 e. The fourth-order valence-corrected chi connectivity index (χ4v) is 1.93. The van der Waals surface area contributed by atoms with Gasteiger partial charge in [0.1, 0.15) is 0 Å². The fraction of sp³-hybridized carbons (Fsp3) is 0.818. The Balaban J connectivity index is 2.47. The number of amides is 1. The molecule has 0 bridgehead atoms. The molecule has 0 aromatic rings. The number of methoxy groups -OCH3 is 1. The molecule has 1 rings (SSSR count). The SMILES string of the molecule is COCC(NC(=O)C1CCC(F)(F)CC1)C(=O)O. The summed E-state index contributed by atoms with van der Waals surface area (Å²) in [6.45, 7) is -0.149. The van der Waals surface area contributed by atoms with Crippen LogP contribution in [0.5, 0.6) is 0 Å². The highest BCUT2D eigenvalue weighted by atomic mass is 19.3. The highest BCUT2D eigenvalue weighted by Gasteiger charge is 2.38. The van der Waals surface area contributed by atoms with E-state index in [1.807, 2.05) is 0 Å². The van der Waals surface area contributed by atoms with E-state index in [1.54, 1.807) is 0 Å². The fourth-order valence-electron chi connectivity index (χ4n) is 1.93. The molecule has 0 radical (unpaired) electrons. The van der Waals surface area contributed by atoms with Crippen LogP contribution in [0.2, 0.25) is 0 Å². The van der Waals surface area contributed by atoms with Crippen molar-refractivity contribution in [3.8, 4) is 0 Å². The Morgan fingerprint density at radius 1 is 1.44 bits per heavy atom. The maximum Gasteiger partial charge on any atom is 0.328 e. The number of carboxylic acid groups (broad SMARTS) is 1. The molecule has 2 N–H and O–H groups in total. The van der Waals surface area contributed by atoms with Crippen molar-refractivity contribution in [1.29, 1.82) is 0 Å². The third-order valence-electron chi connectivity index (χ3n) is 3.04. The van der Waals surface area contributed by atoms with Crippen LogP contribution >= 0.6 is 0 Å². The molecule has 7 heteroatoms. The van der Waals surface area contributed by atoms with Crippen LogP contribution in [0.15, 0.2) is 0 Å². The van der Waals surface area contributed by atoms with Crippen molar-refractivity contribution in [2.24, 2.45) is 5.92 Å². The van der Waals surface area contributed by atoms with Gasteiger partial charge in [-0.25, -0.2) is 13.6 Å². The molecule has 0 aromatic carbocycles. The second-order valence-corrected chi connectivity index (χ2v) is 4.48. The summed E-state index contributed by atoms with van der Waals surface area (Å²) in [4.78, 5) is 22.5. The Morgan fingerprint density at radius 3 is 2.44 bits per heavy atom. The van der Waals surface area contributed by atoms with Gasteiger partial charge in [0, 0.05) is 25.9 Å². The second-order valence-electron chi connectivity index (χ2n) is 4.48. The number of hydrogen-bond acceptors (Lipinski definition) is 3. The molecule has 1 aliphatic rings. The lowest BCUT2D eigenvalue weighted by atomic mass is 9.86. The van der Waals surface area contributed by atoms with E-state index in [1.165, 1.54) is 7.11 Å². The van der Waals surface area contributed by atoms with Crippen molar-refractivity contribution in [3.05, 3.63) is 0 Å². The standard InChI is InChI=1S/C11H17F2NO4/c1-18-6-8(10(16)17)14-9(15)7-2-4-11(12,13)5-3-7/h7-8H,2-6H2,1H3,(H,14,15)(H,16,17). The zero-order valence-electron chi connectivity index (χ0n) is 10.1. The molecule has 0 heterocycles. The van der Waals surface area contributed by atoms with Gasteiger partial charge in [0.15, 0.2) is 6.04 Å². The third-order valence-corrected chi connectivity index (χ3v) is 3.04. The quantitative estimate of drug-likeness (QED) is 0.778. The number of nitrogens with one attached hydrogen (secondary N) is 1. The van der Waals surface area contributed by atoms with Gasteiger partial charge in [0.25, 0.3) is 0 Å². The van der Waals surface area contributed by atoms with E-state index >= 15 is 0 Å². The van der Waals surface area contributed by atoms with Gasteiger partial charge in [-0.3, -0.25) is 4.79 Å². The average Bonchev–Trinajstić information content (AvgIpc) is 2.28. The van der Waals surface area contributed by atoms with E-state index in [-0.39, 0.29) is 32.3 Å². The second kappa shape index (κ2) is 6.08. The Hall–Kier alpha value is -1.24. The molecule has 1 amide bonds. The van der Waals surface area contributed by atoms with E-state index in [2.05, 4.69) is 10.1 Å². The minimum atomic E-state index is -2.70. The van der Waals surface area contributed by atoms with E-state index < -0.39 is 29.8 Å². The largest absolute Gasteiger partial charge is 0.480 e. The van der Waals surface area contributed by atoms with Gasteiger partial charge >= 0.3 is 5.97 Å². The van der Waals surface area contributed by atoms with Crippen molar-refractivity contribution in [3.63, 3.8) is 0 Å². The summed E-state index contributed by atoms with van der Waals surface area (Å²) in [5.74, 6) is -4.93. The van der Waals surface area contributed by atoms with Crippen LogP contribution in [0.25, 0.3) is 0 Å². The molecule has 1 unspecified atom stereocenters. The monoisotopic (exact) mass is 265 g/mol. The van der Waals surface area contributed by atoms with Crippen molar-refractivity contribution in [1.82, 2.24) is 5.32 Å². The molecule has 1 aliphatic carbocycles. The third kappa shape index (κ3) is 4.21. The Morgan fingerprint density at radius 2 is 2.00 bits per heavy atom. The van der Waals surface area contributed by atoms with Gasteiger partial charge in [0.05, 0.1) is 6.61 Å². The normalized spacial score (nSPS) is 21.3. The molecular formula is C11H17F2NO4. The van der Waals surface area contributed by atoms with E-state index in [0.717, 1.165) is 0 Å². The summed E-state index contributed by atoms with van der Waals surface area (Å²) >= 11 is 0. The summed E-state index contributed by atoms with van der Waals surface area (Å²) in [6, 6.07) is -1.13. The molecule has 1 saturated carbocycles. The summed E-state index contributed by atoms with van der Waals surface area (Å²) in [7, 11) is 1.32. The summed E-state index contributed by atoms with van der Waals surface area (Å²) in [5, 5.41) is 11.1. The van der Waals surface area contributed by atoms with Crippen molar-refractivity contribution < 1.29 is 28.2 Å². The minimum absolute atomic E-state index is 0.0815. The first-order chi connectivity index (χ1) is 8.35. The highest BCUT2D eigenvalue weighted by molar-refractivity contribution is 5.85. The van der Waals surface area contributed by atoms with Crippen molar-refractivity contribution in [2.75, 3.05) is 13.7 Å². The predicted molar refractivity (Wildman–Crippen MR) is 58.3 cm³/mol. The average molecular weight is 265 g/mol. The maximum absolute atomic E-state index is 12.9. The molecule has 0 aromatic heterocycles. The lowest BCUT2D eigenvalue weighted by Gasteiger charge is -2.28. The lowest BCUT2D eigenvalue weighted by molar-refractivity contribution is -0.144. The molecule has 1 atom stereocenters. The van der Waals surface area contributed by atoms with Gasteiger partial charge in [0.2, 0.25) is 11.8 Å². The zero-order chi connectivity index (χ0) is 13.8. The summed E-state index contributed by atoms with van der Waals surface area (Å²) in [6.07, 6.45) is -0.490. The smallest absolute Gasteiger partial charge is 0.328 e. The first-order valence-electron chi connectivity index (χ1n) is 5.75. The van der Waals surface area contributed by atoms with Crippen LogP contribution in [-0.2, 0) is 14.3 Å². The molecule has 5 nitrogen and oxygen atoms in total. The maximum atomic E-state index is 12.9. The summed E-state index contributed by atoms with van der Waals surface area (Å²) in [5.41, 5.74) is 0. The highest BCUT2D eigenvalue weighted by Crippen LogP contribution is 2.36. The number of halogens is 2. The molecule has 0 spiro atoms. The van der Waals surface area contributed by atoms with E-state index in [9.17, 15) is 18.4 Å². The number of carboxylic acids is 1. The number of hydrogen-bond donors (Lipinski definition) is 2. The number of carbonyl (C=O) groups is 2. The topological polar surface area (TPSA) is 75.6 Å². The molecule has 1 fully saturated rings. The Bertz CT molecular complexity index is 312. The van der Waals surface area contributed by atoms with E-state index in [0.29, 0.717) is 0 Å². The Kier molecular flexibility index (Phi) is 5.01. The first-order valence-corrected chi connectivity index (χ1v) is 5.75. The molecule has 104 valence electrons. The Labute approximate surface area is 103 Å². The number of ether oxygens (including phenoxy) is 1. The number of carbonyl (C=O) groups excluding carboxylic acids is 1. The molecule has 0 saturated heterocycles. The lowest BCUT2D eigenvalue weighted by Crippen LogP contribution is -2.47. The van der Waals surface area contributed by atoms with Gasteiger partial charge in [-0.05, 0) is 12.8 Å². The number of aliphatic carboxylic acids is 1. The van der Waals surface area contributed by atoms with Gasteiger partial charge in [-0.15, -0.1) is 0 Å². The molecular weight excluding hydrogens is 248 g/mol. The van der Waals surface area contributed by atoms with E-state index in [4.69, 9.17) is 5.11 Å². The van der Waals surface area contributed by atoms with Crippen LogP contribution in [0.1, 0.15) is 25.7 Å². The number of alkyl halides is 2. The number of rotatable bonds is 5. The van der Waals surface area contributed by atoms with Crippen LogP contribution in [0.3, 0.4) is 0 Å². The van der Waals surface area contributed by atoms with Gasteiger partial charge < -0.3 is 15.2 Å². The van der Waals surface area contributed by atoms with Crippen LogP contribution in [0.4, 0.5) is 8.78 Å². The summed E-state index contributed by atoms with van der Waals surface area (Å²) < 4.78 is 30.5. The molecule has 0 aliphatic heterocycles. The van der Waals surface area contributed by atoms with Crippen LogP contribution in [-0.4, -0.2) is 42.7 Å². The van der Waals surface area contributed by atoms with Crippen molar-refractivity contribution in [2.45, 2.75) is 37.6 Å². The van der Waals surface area contributed by atoms with Gasteiger partial charge in [-0.2, -0.15) is 0 Å². The first kappa shape index (κ1) is 14.8.